The van der Waals surface area contributed by atoms with Crippen molar-refractivity contribution in [2.75, 3.05) is 5.32 Å². The standard InChI is InChI=1S/C15H19FN6O.ClH/c1-9-19-20-21-22(9)14-8-12(5-6-13(14)16)18-15(23)10-3-2-4-11(17)7-10;/h5-6,8,10-11H,2-4,7,17H2,1H3,(H,18,23);1H. The van der Waals surface area contributed by atoms with Crippen LogP contribution in [0, 0.1) is 18.7 Å². The lowest BCUT2D eigenvalue weighted by Gasteiger charge is -2.25. The molecule has 2 aromatic rings. The quantitative estimate of drug-likeness (QED) is 0.878. The number of aryl methyl sites for hydroxylation is 1. The Morgan fingerprint density at radius 1 is 1.42 bits per heavy atom. The van der Waals surface area contributed by atoms with Crippen molar-refractivity contribution in [3.05, 3.63) is 29.8 Å². The lowest BCUT2D eigenvalue weighted by molar-refractivity contribution is -0.120. The van der Waals surface area contributed by atoms with Gasteiger partial charge in [0.25, 0.3) is 0 Å². The molecule has 0 radical (unpaired) electrons. The Kier molecular flexibility index (Phi) is 5.84. The van der Waals surface area contributed by atoms with E-state index in [0.717, 1.165) is 19.3 Å². The maximum atomic E-state index is 14.0. The number of nitrogens with zero attached hydrogens (tertiary/aromatic N) is 4. The zero-order valence-corrected chi connectivity index (χ0v) is 14.1. The molecule has 1 aromatic heterocycles. The second kappa shape index (κ2) is 7.67. The van der Waals surface area contributed by atoms with E-state index in [1.165, 1.54) is 22.9 Å². The number of rotatable bonds is 3. The molecule has 0 aliphatic heterocycles. The van der Waals surface area contributed by atoms with E-state index in [1.807, 2.05) is 0 Å². The van der Waals surface area contributed by atoms with Crippen LogP contribution >= 0.6 is 12.4 Å². The van der Waals surface area contributed by atoms with Crippen LogP contribution in [0.15, 0.2) is 18.2 Å². The first-order chi connectivity index (χ1) is 11.0. The highest BCUT2D eigenvalue weighted by Gasteiger charge is 2.25. The summed E-state index contributed by atoms with van der Waals surface area (Å²) in [5.74, 6) is -0.170. The molecule has 1 aliphatic rings. The third kappa shape index (κ3) is 3.88. The Hall–Kier alpha value is -2.06. The minimum absolute atomic E-state index is 0. The van der Waals surface area contributed by atoms with E-state index >= 15 is 0 Å². The molecule has 0 bridgehead atoms. The van der Waals surface area contributed by atoms with Gasteiger partial charge < -0.3 is 11.1 Å². The van der Waals surface area contributed by atoms with Crippen molar-refractivity contribution in [1.29, 1.82) is 0 Å². The highest BCUT2D eigenvalue weighted by molar-refractivity contribution is 5.92. The maximum Gasteiger partial charge on any atom is 0.227 e. The van der Waals surface area contributed by atoms with Gasteiger partial charge in [0, 0.05) is 17.6 Å². The van der Waals surface area contributed by atoms with E-state index in [9.17, 15) is 9.18 Å². The van der Waals surface area contributed by atoms with E-state index in [-0.39, 0.29) is 36.0 Å². The van der Waals surface area contributed by atoms with Crippen molar-refractivity contribution in [2.45, 2.75) is 38.6 Å². The first-order valence-corrected chi connectivity index (χ1v) is 7.66. The van der Waals surface area contributed by atoms with Crippen LogP contribution in [-0.2, 0) is 4.79 Å². The largest absolute Gasteiger partial charge is 0.328 e. The summed E-state index contributed by atoms with van der Waals surface area (Å²) in [6, 6.07) is 4.42. The number of halogens is 2. The predicted molar refractivity (Wildman–Crippen MR) is 89.7 cm³/mol. The van der Waals surface area contributed by atoms with Crippen LogP contribution < -0.4 is 11.1 Å². The Balaban J connectivity index is 0.00000208. The van der Waals surface area contributed by atoms with Crippen LogP contribution in [0.5, 0.6) is 0 Å². The molecule has 9 heteroatoms. The van der Waals surface area contributed by atoms with E-state index in [2.05, 4.69) is 20.8 Å². The Bertz CT molecular complexity index is 722. The second-order valence-corrected chi connectivity index (χ2v) is 5.92. The van der Waals surface area contributed by atoms with Crippen molar-refractivity contribution >= 4 is 24.0 Å². The van der Waals surface area contributed by atoms with Crippen LogP contribution in [-0.4, -0.2) is 32.2 Å². The fourth-order valence-electron chi connectivity index (χ4n) is 2.92. The Morgan fingerprint density at radius 3 is 2.88 bits per heavy atom. The molecule has 1 saturated carbocycles. The van der Waals surface area contributed by atoms with Crippen molar-refractivity contribution < 1.29 is 9.18 Å². The first kappa shape index (κ1) is 18.3. The average molecular weight is 355 g/mol. The highest BCUT2D eigenvalue weighted by Crippen LogP contribution is 2.25. The van der Waals surface area contributed by atoms with E-state index in [1.54, 1.807) is 6.92 Å². The second-order valence-electron chi connectivity index (χ2n) is 5.92. The van der Waals surface area contributed by atoms with Crippen LogP contribution in [0.25, 0.3) is 5.69 Å². The number of nitrogens with two attached hydrogens (primary N) is 1. The number of aromatic nitrogens is 4. The minimum atomic E-state index is -0.460. The lowest BCUT2D eigenvalue weighted by atomic mass is 9.85. The van der Waals surface area contributed by atoms with Gasteiger partial charge in [-0.1, -0.05) is 6.42 Å². The third-order valence-corrected chi connectivity index (χ3v) is 4.15. The average Bonchev–Trinajstić information content (AvgIpc) is 2.95. The fourth-order valence-corrected chi connectivity index (χ4v) is 2.92. The molecule has 130 valence electrons. The molecule has 0 spiro atoms. The minimum Gasteiger partial charge on any atom is -0.328 e. The molecule has 1 aromatic carbocycles. The van der Waals surface area contributed by atoms with Gasteiger partial charge in [0.15, 0.2) is 5.82 Å². The van der Waals surface area contributed by atoms with Gasteiger partial charge in [-0.15, -0.1) is 17.5 Å². The van der Waals surface area contributed by atoms with Gasteiger partial charge in [-0.05, 0) is 54.8 Å². The van der Waals surface area contributed by atoms with Crippen molar-refractivity contribution in [3.8, 4) is 5.69 Å². The summed E-state index contributed by atoms with van der Waals surface area (Å²) >= 11 is 0. The van der Waals surface area contributed by atoms with Gasteiger partial charge in [-0.2, -0.15) is 4.68 Å². The molecule has 0 saturated heterocycles. The van der Waals surface area contributed by atoms with Crippen LogP contribution in [0.2, 0.25) is 0 Å². The van der Waals surface area contributed by atoms with Gasteiger partial charge in [-0.3, -0.25) is 4.79 Å². The van der Waals surface area contributed by atoms with Gasteiger partial charge in [-0.25, -0.2) is 4.39 Å². The number of nitrogens with one attached hydrogen (secondary N) is 1. The molecule has 1 amide bonds. The Morgan fingerprint density at radius 2 is 2.21 bits per heavy atom. The van der Waals surface area contributed by atoms with Gasteiger partial charge in [0.1, 0.15) is 11.5 Å². The van der Waals surface area contributed by atoms with Crippen LogP contribution in [0.3, 0.4) is 0 Å². The smallest absolute Gasteiger partial charge is 0.227 e. The summed E-state index contributed by atoms with van der Waals surface area (Å²) in [7, 11) is 0. The number of carbonyl (C=O) groups excluding carboxylic acids is 1. The number of benzene rings is 1. The molecule has 24 heavy (non-hydrogen) atoms. The maximum absolute atomic E-state index is 14.0. The van der Waals surface area contributed by atoms with Crippen LogP contribution in [0.4, 0.5) is 10.1 Å². The molecule has 3 N–H and O–H groups in total. The van der Waals surface area contributed by atoms with Crippen molar-refractivity contribution in [1.82, 2.24) is 20.2 Å². The van der Waals surface area contributed by atoms with Crippen molar-refractivity contribution in [3.63, 3.8) is 0 Å². The third-order valence-electron chi connectivity index (χ3n) is 4.15. The SMILES string of the molecule is Cc1nnnn1-c1cc(NC(=O)C2CCCC(N)C2)ccc1F.Cl. The summed E-state index contributed by atoms with van der Waals surface area (Å²) in [5.41, 5.74) is 6.64. The molecule has 3 rings (SSSR count). The van der Waals surface area contributed by atoms with Crippen molar-refractivity contribution in [2.24, 2.45) is 11.7 Å². The Labute approximate surface area is 145 Å². The molecule has 1 aliphatic carbocycles. The van der Waals surface area contributed by atoms with Crippen LogP contribution in [0.1, 0.15) is 31.5 Å². The topological polar surface area (TPSA) is 98.7 Å². The number of amides is 1. The first-order valence-electron chi connectivity index (χ1n) is 7.66. The predicted octanol–water partition coefficient (Wildman–Crippen LogP) is 1.99. The van der Waals surface area contributed by atoms with Gasteiger partial charge >= 0.3 is 0 Å². The van der Waals surface area contributed by atoms with Gasteiger partial charge in [0.05, 0.1) is 0 Å². The molecular weight excluding hydrogens is 335 g/mol. The van der Waals surface area contributed by atoms with E-state index in [0.29, 0.717) is 17.9 Å². The number of tetrazole rings is 1. The fraction of sp³-hybridized carbons (Fsp3) is 0.467. The number of anilines is 1. The zero-order valence-electron chi connectivity index (χ0n) is 13.3. The number of carbonyl (C=O) groups is 1. The highest BCUT2D eigenvalue weighted by atomic mass is 35.5. The summed E-state index contributed by atoms with van der Waals surface area (Å²) < 4.78 is 15.3. The normalized spacial score (nSPS) is 20.3. The van der Waals surface area contributed by atoms with E-state index in [4.69, 9.17) is 5.73 Å². The molecule has 2 atom stereocenters. The summed E-state index contributed by atoms with van der Waals surface area (Å²) in [6.07, 6.45) is 3.44. The number of hydrogen-bond donors (Lipinski definition) is 2. The molecule has 1 heterocycles. The zero-order chi connectivity index (χ0) is 16.4. The molecule has 7 nitrogen and oxygen atoms in total. The monoisotopic (exact) mass is 354 g/mol. The summed E-state index contributed by atoms with van der Waals surface area (Å²) in [4.78, 5) is 12.4. The molecular formula is C15H20ClFN6O. The molecule has 2 unspecified atom stereocenters. The van der Waals surface area contributed by atoms with E-state index < -0.39 is 5.82 Å². The van der Waals surface area contributed by atoms with Gasteiger partial charge in [0.2, 0.25) is 5.91 Å². The summed E-state index contributed by atoms with van der Waals surface area (Å²) in [5, 5.41) is 13.8. The molecule has 1 fully saturated rings. The summed E-state index contributed by atoms with van der Waals surface area (Å²) in [6.45, 7) is 1.67. The number of hydrogen-bond acceptors (Lipinski definition) is 5. The lowest BCUT2D eigenvalue weighted by Crippen LogP contribution is -2.34.